The minimum atomic E-state index is 0.245. The largest absolute Gasteiger partial charge is 0.306 e. The lowest BCUT2D eigenvalue weighted by Crippen LogP contribution is -2.21. The van der Waals surface area contributed by atoms with Gasteiger partial charge in [0.05, 0.1) is 17.4 Å². The second-order valence-electron chi connectivity index (χ2n) is 3.83. The van der Waals surface area contributed by atoms with Crippen LogP contribution in [0.2, 0.25) is 0 Å². The lowest BCUT2D eigenvalue weighted by molar-refractivity contribution is 0.630. The van der Waals surface area contributed by atoms with E-state index >= 15 is 0 Å². The fraction of sp³-hybridized carbons (Fsp3) is 0.333. The van der Waals surface area contributed by atoms with Gasteiger partial charge >= 0.3 is 0 Å². The van der Waals surface area contributed by atoms with Crippen LogP contribution in [0.15, 0.2) is 23.5 Å². The molecule has 1 unspecified atom stereocenters. The molecule has 1 N–H and O–H groups in total. The molecule has 2 heterocycles. The number of rotatable bonds is 4. The van der Waals surface area contributed by atoms with Crippen molar-refractivity contribution in [3.05, 3.63) is 39.5 Å². The first-order valence-electron chi connectivity index (χ1n) is 5.46. The predicted octanol–water partition coefficient (Wildman–Crippen LogP) is 6.10. The van der Waals surface area contributed by atoms with Crippen LogP contribution in [0.25, 0.3) is 0 Å². The third-order valence-electron chi connectivity index (χ3n) is 2.64. The highest BCUT2D eigenvalue weighted by molar-refractivity contribution is 9.12. The number of aryl methyl sites for hydroxylation is 1. The molecule has 0 saturated carbocycles. The SMILES string of the molecule is CCNC(c1cc(Br)sc1C)c1cc(Br)sc1Br. The Kier molecular flexibility index (Phi) is 5.49. The maximum atomic E-state index is 3.66. The van der Waals surface area contributed by atoms with Crippen molar-refractivity contribution >= 4 is 70.5 Å². The molecular formula is C12H12Br3NS2. The molecule has 18 heavy (non-hydrogen) atoms. The molecule has 0 amide bonds. The van der Waals surface area contributed by atoms with Crippen LogP contribution in [0.4, 0.5) is 0 Å². The Morgan fingerprint density at radius 2 is 1.72 bits per heavy atom. The Balaban J connectivity index is 2.46. The van der Waals surface area contributed by atoms with Gasteiger partial charge in [-0.05, 0) is 84.5 Å². The standard InChI is InChI=1S/C12H12Br3NS2/c1-3-16-11(7-4-9(13)17-6(7)2)8-5-10(14)18-12(8)15/h4-5,11,16H,3H2,1-2H3. The lowest BCUT2D eigenvalue weighted by Gasteiger charge is -2.17. The molecule has 0 bridgehead atoms. The molecule has 0 aliphatic carbocycles. The zero-order valence-corrected chi connectivity index (χ0v) is 16.3. The van der Waals surface area contributed by atoms with Gasteiger partial charge in [-0.25, -0.2) is 0 Å². The number of halogens is 3. The summed E-state index contributed by atoms with van der Waals surface area (Å²) in [5.41, 5.74) is 2.64. The molecule has 0 saturated heterocycles. The lowest BCUT2D eigenvalue weighted by atomic mass is 10.0. The fourth-order valence-corrected chi connectivity index (χ4v) is 6.54. The average Bonchev–Trinajstić information content (AvgIpc) is 2.78. The number of hydrogen-bond donors (Lipinski definition) is 1. The maximum absolute atomic E-state index is 3.66. The van der Waals surface area contributed by atoms with E-state index in [-0.39, 0.29) is 6.04 Å². The Morgan fingerprint density at radius 3 is 2.17 bits per heavy atom. The van der Waals surface area contributed by atoms with Crippen LogP contribution in [0.1, 0.15) is 29.0 Å². The molecule has 0 radical (unpaired) electrons. The van der Waals surface area contributed by atoms with E-state index in [0.717, 1.165) is 10.3 Å². The van der Waals surface area contributed by atoms with Crippen molar-refractivity contribution in [3.63, 3.8) is 0 Å². The number of nitrogens with one attached hydrogen (secondary N) is 1. The smallest absolute Gasteiger partial charge is 0.0761 e. The molecule has 98 valence electrons. The molecule has 0 aromatic carbocycles. The van der Waals surface area contributed by atoms with Crippen molar-refractivity contribution in [2.75, 3.05) is 6.54 Å². The Labute approximate surface area is 140 Å². The van der Waals surface area contributed by atoms with Crippen molar-refractivity contribution in [3.8, 4) is 0 Å². The highest BCUT2D eigenvalue weighted by Crippen LogP contribution is 2.40. The van der Waals surface area contributed by atoms with Gasteiger partial charge in [0, 0.05) is 4.88 Å². The normalized spacial score (nSPS) is 12.9. The van der Waals surface area contributed by atoms with Crippen LogP contribution in [0, 0.1) is 6.92 Å². The first-order valence-corrected chi connectivity index (χ1v) is 9.48. The van der Waals surface area contributed by atoms with Crippen molar-refractivity contribution in [2.24, 2.45) is 0 Å². The average molecular weight is 474 g/mol. The molecule has 2 rings (SSSR count). The van der Waals surface area contributed by atoms with E-state index in [1.165, 1.54) is 23.6 Å². The van der Waals surface area contributed by atoms with Crippen molar-refractivity contribution in [2.45, 2.75) is 19.9 Å². The van der Waals surface area contributed by atoms with E-state index in [1.807, 2.05) is 0 Å². The van der Waals surface area contributed by atoms with Gasteiger partial charge in [0.15, 0.2) is 0 Å². The monoisotopic (exact) mass is 471 g/mol. The summed E-state index contributed by atoms with van der Waals surface area (Å²) in [6.07, 6.45) is 0. The summed E-state index contributed by atoms with van der Waals surface area (Å²) in [7, 11) is 0. The summed E-state index contributed by atoms with van der Waals surface area (Å²) < 4.78 is 3.52. The summed E-state index contributed by atoms with van der Waals surface area (Å²) in [5, 5.41) is 3.57. The zero-order chi connectivity index (χ0) is 13.3. The molecule has 2 aromatic heterocycles. The quantitative estimate of drug-likeness (QED) is 0.565. The third-order valence-corrected chi connectivity index (χ3v) is 6.59. The topological polar surface area (TPSA) is 12.0 Å². The second-order valence-corrected chi connectivity index (χ2v) is 10.2. The first kappa shape index (κ1) is 15.2. The Bertz CT molecular complexity index is 501. The molecule has 1 nitrogen and oxygen atoms in total. The molecule has 1 atom stereocenters. The fourth-order valence-electron chi connectivity index (χ4n) is 1.89. The Hall–Kier alpha value is 0.800. The molecular weight excluding hydrogens is 462 g/mol. The molecule has 0 spiro atoms. The van der Waals surface area contributed by atoms with E-state index < -0.39 is 0 Å². The Morgan fingerprint density at radius 1 is 1.11 bits per heavy atom. The first-order chi connectivity index (χ1) is 8.52. The number of hydrogen-bond acceptors (Lipinski definition) is 3. The van der Waals surface area contributed by atoms with Crippen LogP contribution in [0.5, 0.6) is 0 Å². The van der Waals surface area contributed by atoms with Crippen molar-refractivity contribution in [1.29, 1.82) is 0 Å². The van der Waals surface area contributed by atoms with Gasteiger partial charge in [-0.3, -0.25) is 0 Å². The van der Waals surface area contributed by atoms with Gasteiger partial charge in [-0.15, -0.1) is 22.7 Å². The summed E-state index contributed by atoms with van der Waals surface area (Å²) in [4.78, 5) is 1.35. The zero-order valence-electron chi connectivity index (χ0n) is 9.89. The molecule has 6 heteroatoms. The van der Waals surface area contributed by atoms with Gasteiger partial charge < -0.3 is 5.32 Å². The van der Waals surface area contributed by atoms with Crippen LogP contribution < -0.4 is 5.32 Å². The van der Waals surface area contributed by atoms with Crippen LogP contribution in [0.3, 0.4) is 0 Å². The van der Waals surface area contributed by atoms with Gasteiger partial charge in [0.25, 0.3) is 0 Å². The summed E-state index contributed by atoms with van der Waals surface area (Å²) in [5.74, 6) is 0. The molecule has 0 aliphatic heterocycles. The third kappa shape index (κ3) is 3.27. The highest BCUT2D eigenvalue weighted by atomic mass is 79.9. The van der Waals surface area contributed by atoms with Crippen LogP contribution in [-0.4, -0.2) is 6.54 Å². The molecule has 2 aromatic rings. The summed E-state index contributed by atoms with van der Waals surface area (Å²) in [6.45, 7) is 5.25. The summed E-state index contributed by atoms with van der Waals surface area (Å²) in [6, 6.07) is 4.65. The van der Waals surface area contributed by atoms with Gasteiger partial charge in [-0.1, -0.05) is 6.92 Å². The van der Waals surface area contributed by atoms with Gasteiger partial charge in [0.2, 0.25) is 0 Å². The van der Waals surface area contributed by atoms with Crippen LogP contribution in [-0.2, 0) is 0 Å². The minimum absolute atomic E-state index is 0.245. The van der Waals surface area contributed by atoms with E-state index in [2.05, 4.69) is 79.1 Å². The highest BCUT2D eigenvalue weighted by Gasteiger charge is 2.21. The maximum Gasteiger partial charge on any atom is 0.0761 e. The van der Waals surface area contributed by atoms with Gasteiger partial charge in [-0.2, -0.15) is 0 Å². The van der Waals surface area contributed by atoms with E-state index in [1.54, 1.807) is 22.7 Å². The van der Waals surface area contributed by atoms with E-state index in [0.29, 0.717) is 0 Å². The van der Waals surface area contributed by atoms with Crippen molar-refractivity contribution < 1.29 is 0 Å². The molecule has 0 aliphatic rings. The van der Waals surface area contributed by atoms with Crippen LogP contribution >= 0.6 is 70.5 Å². The number of thiophene rings is 2. The van der Waals surface area contributed by atoms with E-state index in [4.69, 9.17) is 0 Å². The van der Waals surface area contributed by atoms with Gasteiger partial charge in [0.1, 0.15) is 0 Å². The van der Waals surface area contributed by atoms with E-state index in [9.17, 15) is 0 Å². The second kappa shape index (κ2) is 6.50. The predicted molar refractivity (Wildman–Crippen MR) is 92.0 cm³/mol. The minimum Gasteiger partial charge on any atom is -0.306 e. The summed E-state index contributed by atoms with van der Waals surface area (Å²) >= 11 is 14.3. The van der Waals surface area contributed by atoms with Crippen molar-refractivity contribution in [1.82, 2.24) is 5.32 Å². The molecule has 0 fully saturated rings.